The topological polar surface area (TPSA) is 25.2 Å². The molecule has 6 rings (SSSR count). The predicted molar refractivity (Wildman–Crippen MR) is 105 cm³/mol. The molecule has 4 heteroatoms. The van der Waals surface area contributed by atoms with E-state index >= 15 is 0 Å². The summed E-state index contributed by atoms with van der Waals surface area (Å²) in [5.74, 6) is 5.69. The van der Waals surface area contributed by atoms with E-state index in [1.54, 1.807) is 0 Å². The van der Waals surface area contributed by atoms with Crippen LogP contribution in [0.15, 0.2) is 39.2 Å². The molecule has 2 aromatic rings. The van der Waals surface area contributed by atoms with Crippen molar-refractivity contribution in [2.24, 2.45) is 23.7 Å². The molecule has 1 aromatic heterocycles. The first-order valence-corrected chi connectivity index (χ1v) is 10.6. The van der Waals surface area contributed by atoms with Gasteiger partial charge in [-0.15, -0.1) is 0 Å². The Labute approximate surface area is 162 Å². The molecule has 0 unspecified atom stereocenters. The zero-order chi connectivity index (χ0) is 17.0. The Kier molecular flexibility index (Phi) is 4.22. The fourth-order valence-electron chi connectivity index (χ4n) is 5.78. The Balaban J connectivity index is 1.27. The summed E-state index contributed by atoms with van der Waals surface area (Å²) in [6.07, 6.45) is 7.30. The Morgan fingerprint density at radius 3 is 2.40 bits per heavy atom. The molecule has 0 radical (unpaired) electrons. The molecule has 2 nitrogen and oxygen atoms in total. The highest BCUT2D eigenvalue weighted by Crippen LogP contribution is 2.53. The van der Waals surface area contributed by atoms with Crippen molar-refractivity contribution in [2.45, 2.75) is 44.7 Å². The van der Waals surface area contributed by atoms with Gasteiger partial charge in [-0.2, -0.15) is 0 Å². The molecule has 0 aliphatic heterocycles. The van der Waals surface area contributed by atoms with Gasteiger partial charge in [-0.1, -0.05) is 27.5 Å². The van der Waals surface area contributed by atoms with E-state index in [-0.39, 0.29) is 0 Å². The average molecular weight is 421 g/mol. The van der Waals surface area contributed by atoms with Crippen molar-refractivity contribution in [3.63, 3.8) is 0 Å². The normalized spacial score (nSPS) is 33.1. The maximum Gasteiger partial charge on any atom is 0.135 e. The molecule has 1 N–H and O–H groups in total. The highest BCUT2D eigenvalue weighted by atomic mass is 79.9. The second-order valence-electron chi connectivity index (χ2n) is 8.23. The van der Waals surface area contributed by atoms with Gasteiger partial charge in [-0.3, -0.25) is 0 Å². The molecule has 1 aromatic carbocycles. The van der Waals surface area contributed by atoms with Gasteiger partial charge in [-0.25, -0.2) is 0 Å². The third-order valence-electron chi connectivity index (χ3n) is 6.60. The lowest BCUT2D eigenvalue weighted by atomic mass is 9.54. The SMILES string of the molecule is Clc1cc(Br)ccc1-c1ccc(CNC2C3CC4CC(C3)CC2C4)o1. The van der Waals surface area contributed by atoms with Crippen LogP contribution in [0.1, 0.15) is 37.9 Å². The third-order valence-corrected chi connectivity index (χ3v) is 7.40. The lowest BCUT2D eigenvalue weighted by molar-refractivity contribution is -0.0147. The van der Waals surface area contributed by atoms with Crippen LogP contribution in [0.5, 0.6) is 0 Å². The van der Waals surface area contributed by atoms with E-state index in [2.05, 4.69) is 27.3 Å². The molecule has 4 bridgehead atoms. The van der Waals surface area contributed by atoms with Crippen LogP contribution in [0.4, 0.5) is 0 Å². The highest BCUT2D eigenvalue weighted by Gasteiger charge is 2.47. The van der Waals surface area contributed by atoms with Gasteiger partial charge in [0, 0.05) is 16.1 Å². The van der Waals surface area contributed by atoms with Crippen LogP contribution < -0.4 is 5.32 Å². The molecule has 4 saturated carbocycles. The Morgan fingerprint density at radius 2 is 1.72 bits per heavy atom. The minimum absolute atomic E-state index is 0.692. The van der Waals surface area contributed by atoms with Crippen LogP contribution in [-0.4, -0.2) is 6.04 Å². The quantitative estimate of drug-likeness (QED) is 0.630. The highest BCUT2D eigenvalue weighted by molar-refractivity contribution is 9.10. The average Bonchev–Trinajstić information content (AvgIpc) is 3.02. The number of benzene rings is 1. The number of furan rings is 1. The molecule has 0 atom stereocenters. The lowest BCUT2D eigenvalue weighted by Crippen LogP contribution is -2.54. The maximum atomic E-state index is 6.35. The number of nitrogens with one attached hydrogen (secondary N) is 1. The van der Waals surface area contributed by atoms with E-state index in [4.69, 9.17) is 16.0 Å². The van der Waals surface area contributed by atoms with Crippen LogP contribution in [-0.2, 0) is 6.54 Å². The molecule has 4 aliphatic carbocycles. The van der Waals surface area contributed by atoms with Crippen LogP contribution in [0.2, 0.25) is 5.02 Å². The smallest absolute Gasteiger partial charge is 0.135 e. The van der Waals surface area contributed by atoms with E-state index in [0.717, 1.165) is 51.8 Å². The van der Waals surface area contributed by atoms with Crippen molar-refractivity contribution < 1.29 is 4.42 Å². The first-order valence-electron chi connectivity index (χ1n) is 9.43. The zero-order valence-corrected chi connectivity index (χ0v) is 16.5. The minimum Gasteiger partial charge on any atom is -0.460 e. The fourth-order valence-corrected chi connectivity index (χ4v) is 6.55. The molecular weight excluding hydrogens is 398 g/mol. The monoisotopic (exact) mass is 419 g/mol. The minimum atomic E-state index is 0.692. The summed E-state index contributed by atoms with van der Waals surface area (Å²) in [6, 6.07) is 10.7. The molecule has 4 aliphatic rings. The van der Waals surface area contributed by atoms with Crippen molar-refractivity contribution in [2.75, 3.05) is 0 Å². The van der Waals surface area contributed by atoms with E-state index in [9.17, 15) is 0 Å². The van der Waals surface area contributed by atoms with Gasteiger partial charge in [0.1, 0.15) is 11.5 Å². The molecule has 0 spiro atoms. The molecule has 132 valence electrons. The van der Waals surface area contributed by atoms with Crippen molar-refractivity contribution in [1.82, 2.24) is 5.32 Å². The van der Waals surface area contributed by atoms with E-state index in [1.807, 2.05) is 24.3 Å². The van der Waals surface area contributed by atoms with E-state index < -0.39 is 0 Å². The summed E-state index contributed by atoms with van der Waals surface area (Å²) in [5, 5.41) is 4.55. The summed E-state index contributed by atoms with van der Waals surface area (Å²) in [5.41, 5.74) is 0.950. The Bertz CT molecular complexity index is 758. The van der Waals surface area contributed by atoms with Crippen LogP contribution in [0.3, 0.4) is 0 Å². The molecule has 1 heterocycles. The maximum absolute atomic E-state index is 6.35. The standard InChI is InChI=1S/C21H23BrClNO/c22-16-1-3-18(19(23)10-16)20-4-2-17(25-20)11-24-21-14-6-12-5-13(8-14)9-15(21)7-12/h1-4,10,12-15,21,24H,5-9,11H2. The van der Waals surface area contributed by atoms with Crippen molar-refractivity contribution >= 4 is 27.5 Å². The van der Waals surface area contributed by atoms with Gasteiger partial charge >= 0.3 is 0 Å². The van der Waals surface area contributed by atoms with Crippen LogP contribution >= 0.6 is 27.5 Å². The van der Waals surface area contributed by atoms with Crippen LogP contribution in [0, 0.1) is 23.7 Å². The summed E-state index contributed by atoms with van der Waals surface area (Å²) < 4.78 is 7.05. The molecule has 25 heavy (non-hydrogen) atoms. The summed E-state index contributed by atoms with van der Waals surface area (Å²) in [7, 11) is 0. The van der Waals surface area contributed by atoms with Gasteiger partial charge in [0.2, 0.25) is 0 Å². The Hall–Kier alpha value is -0.770. The predicted octanol–water partition coefficient (Wildman–Crippen LogP) is 6.28. The first kappa shape index (κ1) is 16.4. The second-order valence-corrected chi connectivity index (χ2v) is 9.55. The van der Waals surface area contributed by atoms with Crippen molar-refractivity contribution in [3.8, 4) is 11.3 Å². The van der Waals surface area contributed by atoms with Gasteiger partial charge in [0.15, 0.2) is 0 Å². The number of hydrogen-bond acceptors (Lipinski definition) is 2. The second kappa shape index (κ2) is 6.44. The lowest BCUT2D eigenvalue weighted by Gasteiger charge is -2.54. The van der Waals surface area contributed by atoms with Gasteiger partial charge in [-0.05, 0) is 86.1 Å². The van der Waals surface area contributed by atoms with Gasteiger partial charge in [0.25, 0.3) is 0 Å². The van der Waals surface area contributed by atoms with Crippen molar-refractivity contribution in [1.29, 1.82) is 0 Å². The molecule has 0 saturated heterocycles. The van der Waals surface area contributed by atoms with Crippen LogP contribution in [0.25, 0.3) is 11.3 Å². The summed E-state index contributed by atoms with van der Waals surface area (Å²) in [6.45, 7) is 0.821. The molecule has 4 fully saturated rings. The van der Waals surface area contributed by atoms with Crippen molar-refractivity contribution in [3.05, 3.63) is 45.6 Å². The van der Waals surface area contributed by atoms with E-state index in [0.29, 0.717) is 11.1 Å². The number of rotatable bonds is 4. The van der Waals surface area contributed by atoms with Gasteiger partial charge in [0.05, 0.1) is 11.6 Å². The Morgan fingerprint density at radius 1 is 1.00 bits per heavy atom. The van der Waals surface area contributed by atoms with Gasteiger partial charge < -0.3 is 9.73 Å². The first-order chi connectivity index (χ1) is 12.2. The fraction of sp³-hybridized carbons (Fsp3) is 0.524. The summed E-state index contributed by atoms with van der Waals surface area (Å²) in [4.78, 5) is 0. The van der Waals surface area contributed by atoms with E-state index in [1.165, 1.54) is 32.1 Å². The number of halogens is 2. The summed E-state index contributed by atoms with van der Waals surface area (Å²) >= 11 is 9.80. The number of hydrogen-bond donors (Lipinski definition) is 1. The third kappa shape index (κ3) is 3.09. The largest absolute Gasteiger partial charge is 0.460 e. The molecule has 0 amide bonds. The zero-order valence-electron chi connectivity index (χ0n) is 14.2. The molecular formula is C21H23BrClNO.